The number of aromatic nitrogens is 1. The summed E-state index contributed by atoms with van der Waals surface area (Å²) >= 11 is 5.74. The van der Waals surface area contributed by atoms with Gasteiger partial charge < -0.3 is 10.3 Å². The Hall–Kier alpha value is -1.55. The third-order valence-corrected chi connectivity index (χ3v) is 2.14. The van der Waals surface area contributed by atoms with Gasteiger partial charge in [-0.2, -0.15) is 0 Å². The molecule has 0 aliphatic rings. The van der Waals surface area contributed by atoms with Gasteiger partial charge in [0.25, 0.3) is 0 Å². The number of hydrogen-bond donors (Lipinski definition) is 1. The number of nitrogens with two attached hydrogens (primary N) is 1. The van der Waals surface area contributed by atoms with Crippen molar-refractivity contribution in [1.29, 1.82) is 0 Å². The lowest BCUT2D eigenvalue weighted by Crippen LogP contribution is -1.83. The van der Waals surface area contributed by atoms with Crippen molar-refractivity contribution < 1.29 is 8.91 Å². The molecule has 0 spiro atoms. The van der Waals surface area contributed by atoms with Crippen molar-refractivity contribution in [2.24, 2.45) is 0 Å². The molecule has 0 saturated heterocycles. The number of halogens is 2. The van der Waals surface area contributed by atoms with Crippen LogP contribution in [0.3, 0.4) is 0 Å². The largest absolute Gasteiger partial charge is 0.368 e. The maximum absolute atomic E-state index is 13.1. The first kappa shape index (κ1) is 9.02. The standard InChI is InChI=1S/C9H6ClFN2O/c10-9-5(2-1-3-6(9)11)7-4-8(12)14-13-7/h1-4H,12H2. The monoisotopic (exact) mass is 212 g/mol. The fourth-order valence-corrected chi connectivity index (χ4v) is 1.34. The molecule has 2 aromatic rings. The van der Waals surface area contributed by atoms with Gasteiger partial charge in [0.1, 0.15) is 11.5 Å². The van der Waals surface area contributed by atoms with Gasteiger partial charge in [-0.25, -0.2) is 4.39 Å². The van der Waals surface area contributed by atoms with Crippen LogP contribution in [0.2, 0.25) is 5.02 Å². The molecule has 3 nitrogen and oxygen atoms in total. The molecule has 0 fully saturated rings. The Morgan fingerprint density at radius 3 is 2.86 bits per heavy atom. The van der Waals surface area contributed by atoms with Gasteiger partial charge in [-0.1, -0.05) is 28.9 Å². The lowest BCUT2D eigenvalue weighted by Gasteiger charge is -1.99. The van der Waals surface area contributed by atoms with Gasteiger partial charge in [-0.05, 0) is 6.07 Å². The maximum atomic E-state index is 13.1. The minimum Gasteiger partial charge on any atom is -0.368 e. The summed E-state index contributed by atoms with van der Waals surface area (Å²) < 4.78 is 17.7. The highest BCUT2D eigenvalue weighted by atomic mass is 35.5. The number of anilines is 1. The van der Waals surface area contributed by atoms with Crippen LogP contribution in [-0.2, 0) is 0 Å². The van der Waals surface area contributed by atoms with Crippen LogP contribution in [0.25, 0.3) is 11.3 Å². The zero-order valence-electron chi connectivity index (χ0n) is 7.00. The van der Waals surface area contributed by atoms with E-state index in [-0.39, 0.29) is 10.9 Å². The topological polar surface area (TPSA) is 52.0 Å². The van der Waals surface area contributed by atoms with E-state index in [9.17, 15) is 4.39 Å². The van der Waals surface area contributed by atoms with E-state index in [2.05, 4.69) is 9.68 Å². The van der Waals surface area contributed by atoms with E-state index in [1.54, 1.807) is 12.1 Å². The number of benzene rings is 1. The van der Waals surface area contributed by atoms with Crippen LogP contribution in [0.15, 0.2) is 28.8 Å². The second kappa shape index (κ2) is 3.31. The molecule has 0 bridgehead atoms. The lowest BCUT2D eigenvalue weighted by molar-refractivity contribution is 0.439. The van der Waals surface area contributed by atoms with E-state index < -0.39 is 5.82 Å². The van der Waals surface area contributed by atoms with Gasteiger partial charge in [-0.3, -0.25) is 0 Å². The normalized spacial score (nSPS) is 10.4. The third-order valence-electron chi connectivity index (χ3n) is 1.76. The molecule has 2 N–H and O–H groups in total. The van der Waals surface area contributed by atoms with Crippen LogP contribution < -0.4 is 5.73 Å². The van der Waals surface area contributed by atoms with E-state index in [0.717, 1.165) is 0 Å². The predicted molar refractivity (Wildman–Crippen MR) is 51.3 cm³/mol. The Morgan fingerprint density at radius 2 is 2.21 bits per heavy atom. The summed E-state index contributed by atoms with van der Waals surface area (Å²) in [5, 5.41) is 3.65. The Labute approximate surface area is 84.3 Å². The summed E-state index contributed by atoms with van der Waals surface area (Å²) in [6.45, 7) is 0. The molecular weight excluding hydrogens is 207 g/mol. The molecule has 72 valence electrons. The number of nitrogen functional groups attached to an aromatic ring is 1. The molecule has 0 unspecified atom stereocenters. The summed E-state index contributed by atoms with van der Waals surface area (Å²) in [4.78, 5) is 0. The van der Waals surface area contributed by atoms with Crippen molar-refractivity contribution in [2.45, 2.75) is 0 Å². The Bertz CT molecular complexity index is 470. The molecule has 0 aliphatic heterocycles. The van der Waals surface area contributed by atoms with Crippen molar-refractivity contribution in [3.8, 4) is 11.3 Å². The van der Waals surface area contributed by atoms with Gasteiger partial charge in [-0.15, -0.1) is 0 Å². The molecule has 1 aromatic heterocycles. The van der Waals surface area contributed by atoms with Crippen molar-refractivity contribution in [3.63, 3.8) is 0 Å². The minimum atomic E-state index is -0.495. The molecule has 1 heterocycles. The number of hydrogen-bond acceptors (Lipinski definition) is 3. The smallest absolute Gasteiger partial charge is 0.222 e. The SMILES string of the molecule is Nc1cc(-c2cccc(F)c2Cl)no1. The molecular formula is C9H6ClFN2O. The van der Waals surface area contributed by atoms with Gasteiger partial charge in [0.2, 0.25) is 5.88 Å². The molecule has 0 saturated carbocycles. The highest BCUT2D eigenvalue weighted by Gasteiger charge is 2.11. The zero-order chi connectivity index (χ0) is 10.1. The maximum Gasteiger partial charge on any atom is 0.222 e. The van der Waals surface area contributed by atoms with E-state index in [4.69, 9.17) is 17.3 Å². The first-order valence-corrected chi connectivity index (χ1v) is 4.23. The molecule has 5 heteroatoms. The molecule has 0 aliphatic carbocycles. The van der Waals surface area contributed by atoms with Crippen LogP contribution in [0.4, 0.5) is 10.3 Å². The summed E-state index contributed by atoms with van der Waals surface area (Å²) in [5.74, 6) is -0.328. The Balaban J connectivity index is 2.57. The molecule has 14 heavy (non-hydrogen) atoms. The second-order valence-corrected chi connectivity index (χ2v) is 3.09. The number of rotatable bonds is 1. The first-order valence-electron chi connectivity index (χ1n) is 3.85. The van der Waals surface area contributed by atoms with Crippen LogP contribution >= 0.6 is 11.6 Å². The summed E-state index contributed by atoms with van der Waals surface area (Å²) in [6, 6.07) is 5.94. The van der Waals surface area contributed by atoms with Gasteiger partial charge in [0, 0.05) is 11.6 Å². The summed E-state index contributed by atoms with van der Waals surface area (Å²) in [5.41, 5.74) is 6.23. The van der Waals surface area contributed by atoms with Gasteiger partial charge in [0.15, 0.2) is 0 Å². The van der Waals surface area contributed by atoms with E-state index in [1.807, 2.05) is 0 Å². The molecule has 0 amide bonds. The molecule has 0 atom stereocenters. The fraction of sp³-hybridized carbons (Fsp3) is 0. The van der Waals surface area contributed by atoms with Crippen molar-refractivity contribution in [2.75, 3.05) is 5.73 Å². The van der Waals surface area contributed by atoms with E-state index in [1.165, 1.54) is 12.1 Å². The summed E-state index contributed by atoms with van der Waals surface area (Å²) in [6.07, 6.45) is 0. The van der Waals surface area contributed by atoms with Gasteiger partial charge >= 0.3 is 0 Å². The number of nitrogens with zero attached hydrogens (tertiary/aromatic N) is 1. The van der Waals surface area contributed by atoms with E-state index >= 15 is 0 Å². The first-order chi connectivity index (χ1) is 6.68. The Morgan fingerprint density at radius 1 is 1.43 bits per heavy atom. The van der Waals surface area contributed by atoms with Crippen LogP contribution in [0, 0.1) is 5.82 Å². The second-order valence-electron chi connectivity index (χ2n) is 2.72. The van der Waals surface area contributed by atoms with Crippen molar-refractivity contribution in [3.05, 3.63) is 35.1 Å². The lowest BCUT2D eigenvalue weighted by atomic mass is 10.1. The van der Waals surface area contributed by atoms with Crippen LogP contribution in [-0.4, -0.2) is 5.16 Å². The molecule has 2 rings (SSSR count). The van der Waals surface area contributed by atoms with E-state index in [0.29, 0.717) is 11.3 Å². The average molecular weight is 213 g/mol. The fourth-order valence-electron chi connectivity index (χ4n) is 1.12. The molecule has 1 aromatic carbocycles. The van der Waals surface area contributed by atoms with Crippen molar-refractivity contribution in [1.82, 2.24) is 5.16 Å². The zero-order valence-corrected chi connectivity index (χ0v) is 7.75. The third kappa shape index (κ3) is 1.44. The predicted octanol–water partition coefficient (Wildman–Crippen LogP) is 2.72. The highest BCUT2D eigenvalue weighted by Crippen LogP contribution is 2.29. The Kier molecular flexibility index (Phi) is 2.13. The van der Waals surface area contributed by atoms with Crippen LogP contribution in [0.1, 0.15) is 0 Å². The molecule has 0 radical (unpaired) electrons. The van der Waals surface area contributed by atoms with Gasteiger partial charge in [0.05, 0.1) is 5.02 Å². The quantitative estimate of drug-likeness (QED) is 0.791. The van der Waals surface area contributed by atoms with Crippen LogP contribution in [0.5, 0.6) is 0 Å². The summed E-state index contributed by atoms with van der Waals surface area (Å²) in [7, 11) is 0. The minimum absolute atomic E-state index is 0.0146. The van der Waals surface area contributed by atoms with Crippen molar-refractivity contribution >= 4 is 17.5 Å². The highest BCUT2D eigenvalue weighted by molar-refractivity contribution is 6.33. The average Bonchev–Trinajstić information content (AvgIpc) is 2.57.